The lowest BCUT2D eigenvalue weighted by atomic mass is 9.53. The van der Waals surface area contributed by atoms with Crippen LogP contribution in [0.3, 0.4) is 0 Å². The fourth-order valence-corrected chi connectivity index (χ4v) is 3.98. The maximum absolute atomic E-state index is 14.5. The second-order valence-corrected chi connectivity index (χ2v) is 8.03. The van der Waals surface area contributed by atoms with Crippen LogP contribution in [-0.4, -0.2) is 18.0 Å². The van der Waals surface area contributed by atoms with Gasteiger partial charge in [-0.25, -0.2) is 0 Å². The third-order valence-electron chi connectivity index (χ3n) is 4.75. The monoisotopic (exact) mass is 452 g/mol. The van der Waals surface area contributed by atoms with E-state index >= 15 is 0 Å². The van der Waals surface area contributed by atoms with E-state index in [2.05, 4.69) is 32.6 Å². The van der Waals surface area contributed by atoms with Crippen molar-refractivity contribution in [3.8, 4) is 0 Å². The number of hydrogen-bond acceptors (Lipinski definition) is 1. The van der Waals surface area contributed by atoms with E-state index in [1.807, 2.05) is 45.9 Å². The number of hydrogen-bond donors (Lipinski definition) is 1. The minimum atomic E-state index is -2.53. The number of H-pyrrole nitrogens is 1. The van der Waals surface area contributed by atoms with Crippen LogP contribution in [0.1, 0.15) is 37.2 Å². The van der Waals surface area contributed by atoms with Crippen molar-refractivity contribution in [2.45, 2.75) is 39.4 Å². The molecule has 1 aliphatic heterocycles. The first-order valence-electron chi connectivity index (χ1n) is 8.23. The number of aromatic amines is 1. The molecule has 1 atom stereocenters. The van der Waals surface area contributed by atoms with E-state index in [4.69, 9.17) is 0 Å². The molecule has 2 aliphatic rings. The Morgan fingerprint density at radius 2 is 2.00 bits per heavy atom. The Hall–Kier alpha value is -1.44. The highest BCUT2D eigenvalue weighted by atomic mass is 127. The molecule has 2 nitrogen and oxygen atoms in total. The Balaban J connectivity index is 2.33. The molecule has 0 fully saturated rings. The van der Waals surface area contributed by atoms with Crippen LogP contribution in [0, 0.1) is 13.8 Å². The predicted molar refractivity (Wildman–Crippen MR) is 111 cm³/mol. The minimum Gasteiger partial charge on any atom is -0.359 e. The fraction of sp³-hybridized carbons (Fsp3) is 0.316. The van der Waals surface area contributed by atoms with E-state index < -0.39 is 12.6 Å². The molecule has 25 heavy (non-hydrogen) atoms. The molecule has 0 radical (unpaired) electrons. The lowest BCUT2D eigenvalue weighted by Gasteiger charge is -2.33. The van der Waals surface area contributed by atoms with E-state index in [9.17, 15) is 8.63 Å². The van der Waals surface area contributed by atoms with Gasteiger partial charge in [0, 0.05) is 26.3 Å². The second-order valence-electron chi connectivity index (χ2n) is 6.78. The molecule has 0 spiro atoms. The van der Waals surface area contributed by atoms with Crippen LogP contribution in [0.5, 0.6) is 0 Å². The molecule has 1 aliphatic carbocycles. The number of nitrogens with one attached hydrogen (secondary N) is 1. The summed E-state index contributed by atoms with van der Waals surface area (Å²) in [4.78, 5) is 7.91. The Morgan fingerprint density at radius 1 is 1.28 bits per heavy atom. The van der Waals surface area contributed by atoms with Gasteiger partial charge in [-0.3, -0.25) is 13.6 Å². The van der Waals surface area contributed by atoms with Gasteiger partial charge in [0.25, 0.3) is 0 Å². The van der Waals surface area contributed by atoms with Crippen LogP contribution in [0.25, 0.3) is 5.57 Å². The molecule has 0 saturated carbocycles. The second kappa shape index (κ2) is 6.70. The molecule has 2 heterocycles. The molecule has 130 valence electrons. The van der Waals surface area contributed by atoms with Gasteiger partial charge in [-0.05, 0) is 80.0 Å². The highest BCUT2D eigenvalue weighted by molar-refractivity contribution is 14.1. The first-order valence-corrected chi connectivity index (χ1v) is 9.31. The Bertz CT molecular complexity index is 874. The van der Waals surface area contributed by atoms with Gasteiger partial charge in [0.05, 0.1) is 11.0 Å². The summed E-state index contributed by atoms with van der Waals surface area (Å²) in [7, 11) is -2.53. The Labute approximate surface area is 161 Å². The fourth-order valence-electron chi connectivity index (χ4n) is 3.58. The van der Waals surface area contributed by atoms with E-state index in [1.54, 1.807) is 12.2 Å². The molecule has 1 aromatic rings. The van der Waals surface area contributed by atoms with Crippen molar-refractivity contribution in [3.63, 3.8) is 0 Å². The number of halogens is 3. The van der Waals surface area contributed by atoms with Crippen molar-refractivity contribution in [1.82, 2.24) is 4.98 Å². The van der Waals surface area contributed by atoms with Crippen LogP contribution in [0.2, 0.25) is 5.31 Å². The van der Waals surface area contributed by atoms with Crippen LogP contribution < -0.4 is 0 Å². The van der Waals surface area contributed by atoms with Crippen molar-refractivity contribution in [2.24, 2.45) is 4.99 Å². The number of aromatic nitrogens is 1. The number of rotatable bonds is 3. The molecule has 0 bridgehead atoms. The lowest BCUT2D eigenvalue weighted by Crippen LogP contribution is -2.28. The van der Waals surface area contributed by atoms with Crippen molar-refractivity contribution in [2.75, 3.05) is 0 Å². The third kappa shape index (κ3) is 3.21. The van der Waals surface area contributed by atoms with Crippen LogP contribution in [0.15, 0.2) is 50.2 Å². The van der Waals surface area contributed by atoms with Gasteiger partial charge in [-0.2, -0.15) is 0 Å². The third-order valence-corrected chi connectivity index (χ3v) is 5.55. The largest absolute Gasteiger partial charge is 0.552 e. The zero-order chi connectivity index (χ0) is 18.4. The zero-order valence-electron chi connectivity index (χ0n) is 14.8. The normalized spacial score (nSPS) is 24.8. The van der Waals surface area contributed by atoms with Gasteiger partial charge < -0.3 is 4.98 Å². The quantitative estimate of drug-likeness (QED) is 0.418. The molecule has 1 N–H and O–H groups in total. The average Bonchev–Trinajstić information content (AvgIpc) is 3.03. The summed E-state index contributed by atoms with van der Waals surface area (Å²) in [5.74, 6) is 0. The maximum atomic E-state index is 14.5. The van der Waals surface area contributed by atoms with Crippen molar-refractivity contribution in [1.29, 1.82) is 0 Å². The molecule has 0 amide bonds. The van der Waals surface area contributed by atoms with Gasteiger partial charge in [-0.15, -0.1) is 0 Å². The molecular weight excluding hydrogens is 432 g/mol. The van der Waals surface area contributed by atoms with E-state index in [1.165, 1.54) is 0 Å². The molecule has 0 aromatic carbocycles. The molecule has 3 rings (SSSR count). The molecule has 6 heteroatoms. The Morgan fingerprint density at radius 3 is 2.44 bits per heavy atom. The molecular formula is C19H20BF2IN2. The smallest absolute Gasteiger partial charge is 0.359 e. The van der Waals surface area contributed by atoms with Crippen LogP contribution in [-0.2, 0) is 0 Å². The summed E-state index contributed by atoms with van der Waals surface area (Å²) < 4.78 is 29.9. The SMILES string of the molecule is CC1=CC(C)=NC1=C(c1[nH]c(C)cc1C)C1(B(F)F)C=CC(I)=CC1. The van der Waals surface area contributed by atoms with Crippen molar-refractivity contribution in [3.05, 3.63) is 62.2 Å². The number of nitrogens with zero attached hydrogens (tertiary/aromatic N) is 1. The van der Waals surface area contributed by atoms with Gasteiger partial charge in [0.1, 0.15) is 0 Å². The van der Waals surface area contributed by atoms with E-state index in [0.717, 1.165) is 31.8 Å². The van der Waals surface area contributed by atoms with Crippen molar-refractivity contribution < 1.29 is 8.63 Å². The summed E-state index contributed by atoms with van der Waals surface area (Å²) in [5.41, 5.74) is 5.71. The van der Waals surface area contributed by atoms with Gasteiger partial charge in [0.2, 0.25) is 0 Å². The first-order chi connectivity index (χ1) is 11.7. The number of aliphatic imine (C=N–C) groups is 1. The lowest BCUT2D eigenvalue weighted by molar-refractivity contribution is 0.587. The minimum absolute atomic E-state index is 0.262. The van der Waals surface area contributed by atoms with Crippen molar-refractivity contribution >= 4 is 41.1 Å². The predicted octanol–water partition coefficient (Wildman–Crippen LogP) is 6.21. The van der Waals surface area contributed by atoms with Crippen LogP contribution in [0.4, 0.5) is 8.63 Å². The first kappa shape index (κ1) is 18.4. The summed E-state index contributed by atoms with van der Waals surface area (Å²) in [6.45, 7) is 7.73. The summed E-state index contributed by atoms with van der Waals surface area (Å²) in [6, 6.07) is 1.99. The topological polar surface area (TPSA) is 28.1 Å². The zero-order valence-corrected chi connectivity index (χ0v) is 16.9. The Kier molecular flexibility index (Phi) is 4.92. The number of allylic oxidation sites excluding steroid dienone is 7. The van der Waals surface area contributed by atoms with Gasteiger partial charge in [-0.1, -0.05) is 18.2 Å². The van der Waals surface area contributed by atoms with Gasteiger partial charge in [0.15, 0.2) is 0 Å². The average molecular weight is 452 g/mol. The summed E-state index contributed by atoms with van der Waals surface area (Å²) >= 11 is 2.17. The highest BCUT2D eigenvalue weighted by Crippen LogP contribution is 2.55. The maximum Gasteiger partial charge on any atom is 0.552 e. The van der Waals surface area contributed by atoms with E-state index in [-0.39, 0.29) is 6.42 Å². The molecule has 1 aromatic heterocycles. The molecule has 1 unspecified atom stereocenters. The van der Waals surface area contributed by atoms with Gasteiger partial charge >= 0.3 is 7.27 Å². The summed E-state index contributed by atoms with van der Waals surface area (Å²) in [5, 5.41) is -1.38. The standard InChI is InChI=1S/C19H20BF2IN2/c1-11-9-13(3)24-17(11)16(18-12(2)10-14(4)25-18)19(20(21)22)7-5-15(23)6-8-19/h5-7,9-10,24H,8H2,1-4H3. The van der Waals surface area contributed by atoms with E-state index in [0.29, 0.717) is 11.3 Å². The van der Waals surface area contributed by atoms with Crippen LogP contribution >= 0.6 is 22.6 Å². The molecule has 0 saturated heterocycles. The highest BCUT2D eigenvalue weighted by Gasteiger charge is 2.49. The summed E-state index contributed by atoms with van der Waals surface area (Å²) in [6.07, 6.45) is 7.53. The number of aryl methyl sites for hydroxylation is 2.